The fourth-order valence-electron chi connectivity index (χ4n) is 1.14. The van der Waals surface area contributed by atoms with E-state index in [1.54, 1.807) is 12.1 Å². The van der Waals surface area contributed by atoms with Crippen molar-refractivity contribution in [1.29, 1.82) is 0 Å². The van der Waals surface area contributed by atoms with Crippen LogP contribution in [0.2, 0.25) is 0 Å². The van der Waals surface area contributed by atoms with Gasteiger partial charge in [-0.3, -0.25) is 4.79 Å². The molecule has 0 unspecified atom stereocenters. The van der Waals surface area contributed by atoms with Crippen LogP contribution in [0, 0.1) is 6.92 Å². The molecular weight excluding hydrogens is 202 g/mol. The van der Waals surface area contributed by atoms with Gasteiger partial charge in [-0.2, -0.15) is 0 Å². The van der Waals surface area contributed by atoms with E-state index in [1.165, 1.54) is 6.07 Å². The van der Waals surface area contributed by atoms with E-state index in [0.717, 1.165) is 5.56 Å². The molecule has 1 aromatic carbocycles. The molecule has 1 amide bonds. The summed E-state index contributed by atoms with van der Waals surface area (Å²) in [5.41, 5.74) is 1.49. The molecule has 0 aliphatic carbocycles. The number of phenols is 1. The lowest BCUT2D eigenvalue weighted by Gasteiger charge is -2.05. The number of carbonyl (C=O) groups is 1. The summed E-state index contributed by atoms with van der Waals surface area (Å²) >= 11 is 5.41. The Morgan fingerprint density at radius 2 is 2.21 bits per heavy atom. The lowest BCUT2D eigenvalue weighted by molar-refractivity contribution is -0.115. The van der Waals surface area contributed by atoms with Crippen LogP contribution >= 0.6 is 11.6 Å². The number of amides is 1. The standard InChI is InChI=1S/C10H12ClNO2/c1-7-4-8(6-9(13)5-7)12-10(14)2-3-11/h4-6,13H,2-3H2,1H3,(H,12,14). The quantitative estimate of drug-likeness (QED) is 0.757. The van der Waals surface area contributed by atoms with Crippen molar-refractivity contribution in [3.8, 4) is 5.75 Å². The molecule has 14 heavy (non-hydrogen) atoms. The topological polar surface area (TPSA) is 49.3 Å². The monoisotopic (exact) mass is 213 g/mol. The maximum atomic E-state index is 11.2. The fourth-order valence-corrected chi connectivity index (χ4v) is 1.32. The molecule has 4 heteroatoms. The van der Waals surface area contributed by atoms with Crippen LogP contribution in [0.3, 0.4) is 0 Å². The predicted octanol–water partition coefficient (Wildman–Crippen LogP) is 2.27. The molecule has 1 aromatic rings. The molecule has 0 saturated carbocycles. The van der Waals surface area contributed by atoms with E-state index in [0.29, 0.717) is 11.6 Å². The van der Waals surface area contributed by atoms with Gasteiger partial charge in [0.15, 0.2) is 0 Å². The van der Waals surface area contributed by atoms with Crippen LogP contribution in [-0.2, 0) is 4.79 Å². The molecule has 76 valence electrons. The summed E-state index contributed by atoms with van der Waals surface area (Å²) in [6.07, 6.45) is 0.274. The van der Waals surface area contributed by atoms with Crippen LogP contribution in [-0.4, -0.2) is 16.9 Å². The molecule has 0 radical (unpaired) electrons. The molecule has 0 aliphatic heterocycles. The molecule has 0 aliphatic rings. The van der Waals surface area contributed by atoms with Crippen LogP contribution in [0.25, 0.3) is 0 Å². The number of nitrogens with one attached hydrogen (secondary N) is 1. The number of anilines is 1. The van der Waals surface area contributed by atoms with Gasteiger partial charge in [0.25, 0.3) is 0 Å². The Labute approximate surface area is 87.7 Å². The second kappa shape index (κ2) is 4.86. The van der Waals surface area contributed by atoms with Crippen molar-refractivity contribution in [1.82, 2.24) is 0 Å². The molecule has 0 aromatic heterocycles. The highest BCUT2D eigenvalue weighted by atomic mass is 35.5. The molecule has 2 N–H and O–H groups in total. The van der Waals surface area contributed by atoms with E-state index >= 15 is 0 Å². The van der Waals surface area contributed by atoms with Crippen molar-refractivity contribution in [3.05, 3.63) is 23.8 Å². The Kier molecular flexibility index (Phi) is 3.77. The van der Waals surface area contributed by atoms with E-state index in [1.807, 2.05) is 6.92 Å². The van der Waals surface area contributed by atoms with Crippen molar-refractivity contribution in [2.75, 3.05) is 11.2 Å². The molecule has 0 bridgehead atoms. The van der Waals surface area contributed by atoms with Gasteiger partial charge in [-0.25, -0.2) is 0 Å². The molecule has 0 heterocycles. The summed E-state index contributed by atoms with van der Waals surface area (Å²) in [4.78, 5) is 11.2. The zero-order valence-electron chi connectivity index (χ0n) is 7.88. The first-order chi connectivity index (χ1) is 6.61. The fraction of sp³-hybridized carbons (Fsp3) is 0.300. The first-order valence-corrected chi connectivity index (χ1v) is 4.82. The number of phenolic OH excluding ortho intramolecular Hbond substituents is 1. The number of aromatic hydroxyl groups is 1. The number of carbonyl (C=O) groups excluding carboxylic acids is 1. The minimum absolute atomic E-state index is 0.145. The lowest BCUT2D eigenvalue weighted by atomic mass is 10.2. The van der Waals surface area contributed by atoms with Crippen LogP contribution in [0.15, 0.2) is 18.2 Å². The average Bonchev–Trinajstić information content (AvgIpc) is 2.01. The average molecular weight is 214 g/mol. The minimum atomic E-state index is -0.148. The molecule has 0 spiro atoms. The SMILES string of the molecule is Cc1cc(O)cc(NC(=O)CCCl)c1. The van der Waals surface area contributed by atoms with Crippen molar-refractivity contribution in [3.63, 3.8) is 0 Å². The van der Waals surface area contributed by atoms with Crippen LogP contribution in [0.5, 0.6) is 5.75 Å². The number of rotatable bonds is 3. The zero-order chi connectivity index (χ0) is 10.6. The van der Waals surface area contributed by atoms with Crippen molar-refractivity contribution in [2.45, 2.75) is 13.3 Å². The maximum absolute atomic E-state index is 11.2. The third kappa shape index (κ3) is 3.26. The molecule has 1 rings (SSSR count). The number of halogens is 1. The summed E-state index contributed by atoms with van der Waals surface area (Å²) in [6, 6.07) is 4.90. The van der Waals surface area contributed by atoms with Gasteiger partial charge in [0.05, 0.1) is 0 Å². The van der Waals surface area contributed by atoms with Gasteiger partial charge in [0.1, 0.15) is 5.75 Å². The first-order valence-electron chi connectivity index (χ1n) is 4.28. The van der Waals surface area contributed by atoms with E-state index in [4.69, 9.17) is 11.6 Å². The number of alkyl halides is 1. The van der Waals surface area contributed by atoms with E-state index < -0.39 is 0 Å². The highest BCUT2D eigenvalue weighted by Gasteiger charge is 2.02. The highest BCUT2D eigenvalue weighted by molar-refractivity contribution is 6.19. The molecule has 3 nitrogen and oxygen atoms in total. The molecule has 0 fully saturated rings. The molecule has 0 saturated heterocycles. The smallest absolute Gasteiger partial charge is 0.225 e. The summed E-state index contributed by atoms with van der Waals surface area (Å²) < 4.78 is 0. The van der Waals surface area contributed by atoms with Gasteiger partial charge in [-0.15, -0.1) is 11.6 Å². The Balaban J connectivity index is 2.71. The van der Waals surface area contributed by atoms with Gasteiger partial charge >= 0.3 is 0 Å². The summed E-state index contributed by atoms with van der Waals surface area (Å²) in [5.74, 6) is 0.292. The Morgan fingerprint density at radius 3 is 2.79 bits per heavy atom. The normalized spacial score (nSPS) is 9.86. The first kappa shape index (κ1) is 10.9. The van der Waals surface area contributed by atoms with Crippen LogP contribution in [0.1, 0.15) is 12.0 Å². The van der Waals surface area contributed by atoms with Crippen LogP contribution < -0.4 is 5.32 Å². The second-order valence-corrected chi connectivity index (χ2v) is 3.42. The number of hydrogen-bond acceptors (Lipinski definition) is 2. The van der Waals surface area contributed by atoms with E-state index in [2.05, 4.69) is 5.32 Å². The summed E-state index contributed by atoms with van der Waals surface area (Å²) in [5, 5.41) is 11.9. The summed E-state index contributed by atoms with van der Waals surface area (Å²) in [7, 11) is 0. The second-order valence-electron chi connectivity index (χ2n) is 3.04. The number of benzene rings is 1. The molecule has 0 atom stereocenters. The van der Waals surface area contributed by atoms with Gasteiger partial charge in [0, 0.05) is 24.1 Å². The predicted molar refractivity (Wildman–Crippen MR) is 56.8 cm³/mol. The van der Waals surface area contributed by atoms with E-state index in [9.17, 15) is 9.90 Å². The van der Waals surface area contributed by atoms with Gasteiger partial charge in [0.2, 0.25) is 5.91 Å². The largest absolute Gasteiger partial charge is 0.508 e. The van der Waals surface area contributed by atoms with E-state index in [-0.39, 0.29) is 18.1 Å². The number of hydrogen-bond donors (Lipinski definition) is 2. The Hall–Kier alpha value is -1.22. The lowest BCUT2D eigenvalue weighted by Crippen LogP contribution is -2.11. The van der Waals surface area contributed by atoms with Gasteiger partial charge in [-0.1, -0.05) is 0 Å². The Morgan fingerprint density at radius 1 is 1.50 bits per heavy atom. The number of aryl methyl sites for hydroxylation is 1. The van der Waals surface area contributed by atoms with Crippen molar-refractivity contribution < 1.29 is 9.90 Å². The van der Waals surface area contributed by atoms with Gasteiger partial charge in [-0.05, 0) is 24.6 Å². The Bertz CT molecular complexity index is 319. The third-order valence-electron chi connectivity index (χ3n) is 1.67. The maximum Gasteiger partial charge on any atom is 0.225 e. The van der Waals surface area contributed by atoms with Crippen LogP contribution in [0.4, 0.5) is 5.69 Å². The summed E-state index contributed by atoms with van der Waals surface area (Å²) in [6.45, 7) is 1.84. The van der Waals surface area contributed by atoms with Crippen molar-refractivity contribution in [2.24, 2.45) is 0 Å². The molecular formula is C10H12ClNO2. The minimum Gasteiger partial charge on any atom is -0.508 e. The van der Waals surface area contributed by atoms with Crippen molar-refractivity contribution >= 4 is 23.2 Å². The van der Waals surface area contributed by atoms with Gasteiger partial charge < -0.3 is 10.4 Å². The highest BCUT2D eigenvalue weighted by Crippen LogP contribution is 2.19. The zero-order valence-corrected chi connectivity index (χ0v) is 8.64. The third-order valence-corrected chi connectivity index (χ3v) is 1.86.